The van der Waals surface area contributed by atoms with Gasteiger partial charge in [-0.2, -0.15) is 0 Å². The zero-order valence-electron chi connectivity index (χ0n) is 9.98. The van der Waals surface area contributed by atoms with Crippen molar-refractivity contribution in [1.29, 1.82) is 0 Å². The van der Waals surface area contributed by atoms with Crippen LogP contribution in [-0.2, 0) is 0 Å². The van der Waals surface area contributed by atoms with Crippen molar-refractivity contribution in [2.24, 2.45) is 0 Å². The van der Waals surface area contributed by atoms with E-state index in [-0.39, 0.29) is 0 Å². The molecule has 0 amide bonds. The molecular formula is C13H14BrN3O. The molecule has 0 radical (unpaired) electrons. The van der Waals surface area contributed by atoms with Crippen molar-refractivity contribution in [1.82, 2.24) is 4.98 Å². The van der Waals surface area contributed by atoms with Crippen LogP contribution >= 0.6 is 15.9 Å². The molecule has 0 spiro atoms. The van der Waals surface area contributed by atoms with Crippen LogP contribution in [0.3, 0.4) is 0 Å². The lowest BCUT2D eigenvalue weighted by Crippen LogP contribution is -1.99. The second-order valence-electron chi connectivity index (χ2n) is 3.68. The van der Waals surface area contributed by atoms with Crippen LogP contribution in [-0.4, -0.2) is 11.6 Å². The van der Waals surface area contributed by atoms with Gasteiger partial charge < -0.3 is 15.8 Å². The van der Waals surface area contributed by atoms with Crippen LogP contribution in [0.25, 0.3) is 0 Å². The normalized spacial score (nSPS) is 10.1. The number of nitrogens with one attached hydrogen (secondary N) is 1. The highest BCUT2D eigenvalue weighted by atomic mass is 79.9. The Morgan fingerprint density at radius 2 is 2.22 bits per heavy atom. The average molecular weight is 308 g/mol. The molecule has 18 heavy (non-hydrogen) atoms. The van der Waals surface area contributed by atoms with Gasteiger partial charge in [-0.1, -0.05) is 6.07 Å². The monoisotopic (exact) mass is 307 g/mol. The smallest absolute Gasteiger partial charge is 0.153 e. The minimum absolute atomic E-state index is 0.589. The summed E-state index contributed by atoms with van der Waals surface area (Å²) in [6.07, 6.45) is 1.70. The lowest BCUT2D eigenvalue weighted by atomic mass is 10.3. The van der Waals surface area contributed by atoms with Gasteiger partial charge in [0.05, 0.1) is 12.3 Å². The van der Waals surface area contributed by atoms with Gasteiger partial charge >= 0.3 is 0 Å². The molecule has 0 unspecified atom stereocenters. The van der Waals surface area contributed by atoms with Crippen LogP contribution < -0.4 is 15.8 Å². The molecule has 0 saturated heterocycles. The van der Waals surface area contributed by atoms with Crippen LogP contribution in [0.2, 0.25) is 0 Å². The van der Waals surface area contributed by atoms with Crippen LogP contribution in [0.1, 0.15) is 6.92 Å². The Kier molecular flexibility index (Phi) is 4.04. The molecule has 0 aliphatic carbocycles. The number of halogens is 1. The quantitative estimate of drug-likeness (QED) is 0.906. The highest BCUT2D eigenvalue weighted by Gasteiger charge is 2.03. The first-order chi connectivity index (χ1) is 8.69. The predicted octanol–water partition coefficient (Wildman–Crippen LogP) is 3.57. The zero-order chi connectivity index (χ0) is 13.0. The number of benzene rings is 1. The van der Waals surface area contributed by atoms with Crippen LogP contribution in [0.4, 0.5) is 17.2 Å². The zero-order valence-corrected chi connectivity index (χ0v) is 11.6. The molecule has 2 rings (SSSR count). The third-order valence-corrected chi connectivity index (χ3v) is 2.73. The number of nitrogens with two attached hydrogens (primary N) is 1. The van der Waals surface area contributed by atoms with Crippen molar-refractivity contribution in [2.45, 2.75) is 6.92 Å². The molecule has 5 heteroatoms. The maximum Gasteiger partial charge on any atom is 0.153 e. The number of nitrogens with zero attached hydrogens (tertiary/aromatic N) is 1. The van der Waals surface area contributed by atoms with Crippen LogP contribution in [0.5, 0.6) is 5.75 Å². The summed E-state index contributed by atoms with van der Waals surface area (Å²) in [5, 5.41) is 3.16. The summed E-state index contributed by atoms with van der Waals surface area (Å²) in [5.74, 6) is 1.45. The van der Waals surface area contributed by atoms with E-state index in [0.717, 1.165) is 15.9 Å². The van der Waals surface area contributed by atoms with Crippen molar-refractivity contribution in [2.75, 3.05) is 17.7 Å². The van der Waals surface area contributed by atoms with Gasteiger partial charge in [-0.3, -0.25) is 0 Å². The summed E-state index contributed by atoms with van der Waals surface area (Å²) in [7, 11) is 0. The Morgan fingerprint density at radius 1 is 1.39 bits per heavy atom. The lowest BCUT2D eigenvalue weighted by molar-refractivity contribution is 0.340. The number of anilines is 3. The summed E-state index contributed by atoms with van der Waals surface area (Å²) < 4.78 is 6.29. The van der Waals surface area contributed by atoms with E-state index in [4.69, 9.17) is 10.5 Å². The second kappa shape index (κ2) is 5.73. The molecule has 0 fully saturated rings. The number of ether oxygens (including phenoxy) is 1. The Labute approximate surface area is 114 Å². The Bertz CT molecular complexity index is 546. The van der Waals surface area contributed by atoms with E-state index in [1.54, 1.807) is 6.20 Å². The topological polar surface area (TPSA) is 60.2 Å². The third kappa shape index (κ3) is 3.13. The van der Waals surface area contributed by atoms with Gasteiger partial charge in [-0.15, -0.1) is 0 Å². The van der Waals surface area contributed by atoms with E-state index in [0.29, 0.717) is 18.1 Å². The Hall–Kier alpha value is -1.75. The van der Waals surface area contributed by atoms with E-state index < -0.39 is 0 Å². The number of rotatable bonds is 4. The number of aromatic nitrogens is 1. The molecule has 1 heterocycles. The Balaban J connectivity index is 2.20. The fraction of sp³-hybridized carbons (Fsp3) is 0.154. The van der Waals surface area contributed by atoms with Crippen molar-refractivity contribution in [3.05, 3.63) is 41.0 Å². The molecule has 0 aliphatic heterocycles. The van der Waals surface area contributed by atoms with Crippen LogP contribution in [0, 0.1) is 0 Å². The summed E-state index contributed by atoms with van der Waals surface area (Å²) in [5.41, 5.74) is 7.36. The lowest BCUT2D eigenvalue weighted by Gasteiger charge is -2.10. The Morgan fingerprint density at radius 3 is 2.94 bits per heavy atom. The van der Waals surface area contributed by atoms with Crippen molar-refractivity contribution in [3.63, 3.8) is 0 Å². The summed E-state index contributed by atoms with van der Waals surface area (Å²) >= 11 is 3.32. The first kappa shape index (κ1) is 12.7. The molecule has 0 atom stereocenters. The fourth-order valence-corrected chi connectivity index (χ4v) is 1.88. The average Bonchev–Trinajstić information content (AvgIpc) is 2.34. The molecule has 3 N–H and O–H groups in total. The summed E-state index contributed by atoms with van der Waals surface area (Å²) in [6, 6.07) is 9.48. The molecule has 94 valence electrons. The van der Waals surface area contributed by atoms with Gasteiger partial charge in [0.15, 0.2) is 5.82 Å². The minimum Gasteiger partial charge on any atom is -0.494 e. The summed E-state index contributed by atoms with van der Waals surface area (Å²) in [4.78, 5) is 4.22. The number of pyridine rings is 1. The van der Waals surface area contributed by atoms with Gasteiger partial charge in [0.25, 0.3) is 0 Å². The second-order valence-corrected chi connectivity index (χ2v) is 4.59. The maximum atomic E-state index is 5.88. The van der Waals surface area contributed by atoms with E-state index in [9.17, 15) is 0 Å². The standard InChI is InChI=1S/C13H14BrN3O/c1-2-18-11-5-3-4-10(7-11)17-13-12(15)6-9(14)8-16-13/h3-8H,2,15H2,1H3,(H,16,17). The SMILES string of the molecule is CCOc1cccc(Nc2ncc(Br)cc2N)c1. The van der Waals surface area contributed by atoms with Crippen molar-refractivity contribution < 1.29 is 4.74 Å². The first-order valence-corrected chi connectivity index (χ1v) is 6.39. The fourth-order valence-electron chi connectivity index (χ4n) is 1.53. The van der Waals surface area contributed by atoms with E-state index in [2.05, 4.69) is 26.2 Å². The van der Waals surface area contributed by atoms with Gasteiger partial charge in [0.2, 0.25) is 0 Å². The third-order valence-electron chi connectivity index (χ3n) is 2.29. The molecule has 4 nitrogen and oxygen atoms in total. The van der Waals surface area contributed by atoms with Crippen molar-refractivity contribution >= 4 is 33.1 Å². The largest absolute Gasteiger partial charge is 0.494 e. The minimum atomic E-state index is 0.589. The van der Waals surface area contributed by atoms with Gasteiger partial charge in [-0.05, 0) is 41.1 Å². The molecular weight excluding hydrogens is 294 g/mol. The maximum absolute atomic E-state index is 5.88. The molecule has 1 aromatic heterocycles. The number of nitrogen functional groups attached to an aromatic ring is 1. The number of hydrogen-bond donors (Lipinski definition) is 2. The molecule has 2 aromatic rings. The molecule has 0 bridgehead atoms. The highest BCUT2D eigenvalue weighted by Crippen LogP contribution is 2.25. The van der Waals surface area contributed by atoms with Crippen LogP contribution in [0.15, 0.2) is 41.0 Å². The summed E-state index contributed by atoms with van der Waals surface area (Å²) in [6.45, 7) is 2.59. The van der Waals surface area contributed by atoms with E-state index in [1.165, 1.54) is 0 Å². The van der Waals surface area contributed by atoms with Gasteiger partial charge in [-0.25, -0.2) is 4.98 Å². The van der Waals surface area contributed by atoms with Gasteiger partial charge in [0, 0.05) is 22.4 Å². The van der Waals surface area contributed by atoms with E-state index >= 15 is 0 Å². The number of hydrogen-bond acceptors (Lipinski definition) is 4. The molecule has 1 aromatic carbocycles. The van der Waals surface area contributed by atoms with Gasteiger partial charge in [0.1, 0.15) is 5.75 Å². The van der Waals surface area contributed by atoms with Crippen molar-refractivity contribution in [3.8, 4) is 5.75 Å². The molecule has 0 saturated carbocycles. The predicted molar refractivity (Wildman–Crippen MR) is 77.2 cm³/mol. The first-order valence-electron chi connectivity index (χ1n) is 5.60. The van der Waals surface area contributed by atoms with E-state index in [1.807, 2.05) is 37.3 Å². The highest BCUT2D eigenvalue weighted by molar-refractivity contribution is 9.10. The molecule has 0 aliphatic rings.